The van der Waals surface area contributed by atoms with Crippen LogP contribution in [-0.4, -0.2) is 123 Å². The van der Waals surface area contributed by atoms with Crippen LogP contribution < -0.4 is 0 Å². The molecule has 0 radical (unpaired) electrons. The van der Waals surface area contributed by atoms with Gasteiger partial charge in [-0.15, -0.1) is 0 Å². The minimum Gasteiger partial charge on any atom is -0.394 e. The van der Waals surface area contributed by atoms with E-state index in [2.05, 4.69) is 4.74 Å². The molecule has 0 bridgehead atoms. The van der Waals surface area contributed by atoms with E-state index < -0.39 is 87.4 Å². The van der Waals surface area contributed by atoms with Crippen LogP contribution in [0.1, 0.15) is 0 Å². The van der Waals surface area contributed by atoms with Crippen molar-refractivity contribution in [3.8, 4) is 0 Å². The van der Waals surface area contributed by atoms with Crippen molar-refractivity contribution in [1.82, 2.24) is 0 Å². The zero-order valence-corrected chi connectivity index (χ0v) is 14.3. The van der Waals surface area contributed by atoms with E-state index in [0.717, 1.165) is 0 Å². The molecule has 2 aliphatic heterocycles. The molecule has 2 rings (SSSR count). The average Bonchev–Trinajstić information content (AvgIpc) is 2.63. The summed E-state index contributed by atoms with van der Waals surface area (Å²) in [5.41, 5.74) is 0. The van der Waals surface area contributed by atoms with E-state index in [1.54, 1.807) is 0 Å². The number of halogens is 3. The maximum absolute atomic E-state index is 12.3. The molecule has 0 saturated carbocycles. The third-order valence-corrected chi connectivity index (χ3v) is 4.35. The molecule has 0 amide bonds. The fourth-order valence-electron chi connectivity index (χ4n) is 2.76. The third kappa shape index (κ3) is 5.48. The van der Waals surface area contributed by atoms with Crippen LogP contribution >= 0.6 is 0 Å². The van der Waals surface area contributed by atoms with Gasteiger partial charge < -0.3 is 54.7 Å². The smallest absolute Gasteiger partial charge is 0.394 e. The zero-order chi connectivity index (χ0) is 21.2. The Morgan fingerprint density at radius 2 is 1.14 bits per heavy atom. The Labute approximate surface area is 156 Å². The van der Waals surface area contributed by atoms with E-state index in [0.29, 0.717) is 0 Å². The van der Waals surface area contributed by atoms with Gasteiger partial charge in [0.05, 0.1) is 13.2 Å². The molecule has 0 aromatic rings. The van der Waals surface area contributed by atoms with E-state index in [1.807, 2.05) is 0 Å². The van der Waals surface area contributed by atoms with Gasteiger partial charge in [-0.05, 0) is 0 Å². The topological polar surface area (TPSA) is 179 Å². The molecule has 0 aromatic heterocycles. The van der Waals surface area contributed by atoms with E-state index in [1.165, 1.54) is 0 Å². The lowest BCUT2D eigenvalue weighted by molar-refractivity contribution is -0.339. The second-order valence-electron chi connectivity index (χ2n) is 6.47. The maximum atomic E-state index is 12.3. The standard InChI is InChI=1S/C14H23F3O11/c15-14(16,17)3-26-13-11(24)9(22)7(20)5(28-13)2-25-12-10(23)8(21)6(19)4(1-18)27-12/h4-13,18-24H,1-3H2/t4-,5-,6+,7+,8+,9+,10-,11-,12+,13+/m1/s1. The molecule has 166 valence electrons. The summed E-state index contributed by atoms with van der Waals surface area (Å²) in [5.74, 6) is 0. The van der Waals surface area contributed by atoms with Crippen LogP contribution in [0.25, 0.3) is 0 Å². The first-order chi connectivity index (χ1) is 13.0. The first-order valence-electron chi connectivity index (χ1n) is 8.26. The summed E-state index contributed by atoms with van der Waals surface area (Å²) >= 11 is 0. The van der Waals surface area contributed by atoms with Gasteiger partial charge >= 0.3 is 6.18 Å². The monoisotopic (exact) mass is 424 g/mol. The molecule has 7 N–H and O–H groups in total. The van der Waals surface area contributed by atoms with Crippen molar-refractivity contribution < 1.29 is 67.9 Å². The van der Waals surface area contributed by atoms with E-state index >= 15 is 0 Å². The lowest BCUT2D eigenvalue weighted by Crippen LogP contribution is -2.61. The van der Waals surface area contributed by atoms with Crippen LogP contribution in [0.15, 0.2) is 0 Å². The summed E-state index contributed by atoms with van der Waals surface area (Å²) in [4.78, 5) is 0. The van der Waals surface area contributed by atoms with Crippen LogP contribution in [0, 0.1) is 0 Å². The molecule has 11 nitrogen and oxygen atoms in total. The van der Waals surface area contributed by atoms with E-state index in [-0.39, 0.29) is 0 Å². The Morgan fingerprint density at radius 3 is 1.64 bits per heavy atom. The number of hydrogen-bond donors (Lipinski definition) is 7. The number of hydrogen-bond acceptors (Lipinski definition) is 11. The summed E-state index contributed by atoms with van der Waals surface area (Å²) < 4.78 is 56.4. The van der Waals surface area contributed by atoms with Crippen LogP contribution in [0.5, 0.6) is 0 Å². The first-order valence-corrected chi connectivity index (χ1v) is 8.26. The van der Waals surface area contributed by atoms with Crippen molar-refractivity contribution in [1.29, 1.82) is 0 Å². The molecule has 0 aliphatic carbocycles. The Hall–Kier alpha value is -0.650. The van der Waals surface area contributed by atoms with Crippen molar-refractivity contribution in [3.05, 3.63) is 0 Å². The molecular weight excluding hydrogens is 401 g/mol. The van der Waals surface area contributed by atoms with Crippen molar-refractivity contribution in [2.75, 3.05) is 19.8 Å². The van der Waals surface area contributed by atoms with Crippen molar-refractivity contribution in [3.63, 3.8) is 0 Å². The molecule has 2 fully saturated rings. The summed E-state index contributed by atoms with van der Waals surface area (Å²) in [5, 5.41) is 67.7. The van der Waals surface area contributed by atoms with Crippen LogP contribution in [0.3, 0.4) is 0 Å². The first kappa shape index (κ1) is 23.6. The van der Waals surface area contributed by atoms with Gasteiger partial charge in [0.25, 0.3) is 0 Å². The Balaban J connectivity index is 1.97. The summed E-state index contributed by atoms with van der Waals surface area (Å²) in [6, 6.07) is 0. The van der Waals surface area contributed by atoms with Crippen LogP contribution in [0.2, 0.25) is 0 Å². The predicted octanol–water partition coefficient (Wildman–Crippen LogP) is -3.81. The SMILES string of the molecule is OC[C@H]1O[C@H](OC[C@H]2O[C@H](OCC(F)(F)F)[C@H](O)[C@@H](O)[C@H]2O)[C@H](O)[C@@H](O)[C@H]1O. The van der Waals surface area contributed by atoms with Gasteiger partial charge in [-0.1, -0.05) is 0 Å². The Kier molecular flexibility index (Phi) is 7.97. The zero-order valence-electron chi connectivity index (χ0n) is 14.3. The molecule has 14 heteroatoms. The van der Waals surface area contributed by atoms with Crippen LogP contribution in [-0.2, 0) is 18.9 Å². The fraction of sp³-hybridized carbons (Fsp3) is 1.00. The van der Waals surface area contributed by atoms with Crippen molar-refractivity contribution in [2.24, 2.45) is 0 Å². The highest BCUT2D eigenvalue weighted by Gasteiger charge is 2.48. The number of ether oxygens (including phenoxy) is 4. The molecule has 2 aliphatic rings. The van der Waals surface area contributed by atoms with E-state index in [4.69, 9.17) is 19.3 Å². The summed E-state index contributed by atoms with van der Waals surface area (Å²) in [6.45, 7) is -3.16. The molecule has 2 heterocycles. The minimum atomic E-state index is -4.73. The highest BCUT2D eigenvalue weighted by atomic mass is 19.4. The number of aliphatic hydroxyl groups excluding tert-OH is 7. The number of aliphatic hydroxyl groups is 7. The lowest BCUT2D eigenvalue weighted by atomic mass is 9.98. The number of rotatable bonds is 6. The van der Waals surface area contributed by atoms with Gasteiger partial charge in [0.2, 0.25) is 0 Å². The van der Waals surface area contributed by atoms with Crippen molar-refractivity contribution in [2.45, 2.75) is 67.6 Å². The quantitative estimate of drug-likeness (QED) is 0.222. The molecule has 10 atom stereocenters. The highest BCUT2D eigenvalue weighted by Crippen LogP contribution is 2.27. The second kappa shape index (κ2) is 9.44. The lowest BCUT2D eigenvalue weighted by Gasteiger charge is -2.42. The predicted molar refractivity (Wildman–Crippen MR) is 78.4 cm³/mol. The molecule has 2 saturated heterocycles. The van der Waals surface area contributed by atoms with Gasteiger partial charge in [-0.3, -0.25) is 0 Å². The normalized spacial score (nSPS) is 45.2. The van der Waals surface area contributed by atoms with Gasteiger partial charge in [-0.2, -0.15) is 13.2 Å². The minimum absolute atomic E-state index is 0.667. The summed E-state index contributed by atoms with van der Waals surface area (Å²) in [7, 11) is 0. The van der Waals surface area contributed by atoms with E-state index in [9.17, 15) is 43.8 Å². The third-order valence-electron chi connectivity index (χ3n) is 4.35. The van der Waals surface area contributed by atoms with Gasteiger partial charge in [0, 0.05) is 0 Å². The molecule has 28 heavy (non-hydrogen) atoms. The largest absolute Gasteiger partial charge is 0.411 e. The van der Waals surface area contributed by atoms with Crippen LogP contribution in [0.4, 0.5) is 13.2 Å². The van der Waals surface area contributed by atoms with Gasteiger partial charge in [-0.25, -0.2) is 0 Å². The molecule has 0 spiro atoms. The fourth-order valence-corrected chi connectivity index (χ4v) is 2.76. The average molecular weight is 424 g/mol. The molecule has 0 unspecified atom stereocenters. The Morgan fingerprint density at radius 1 is 0.679 bits per heavy atom. The van der Waals surface area contributed by atoms with Gasteiger partial charge in [0.1, 0.15) is 55.4 Å². The molecular formula is C14H23F3O11. The van der Waals surface area contributed by atoms with Crippen molar-refractivity contribution >= 4 is 0 Å². The second-order valence-corrected chi connectivity index (χ2v) is 6.47. The summed E-state index contributed by atoms with van der Waals surface area (Å²) in [6.07, 6.45) is -21.8. The van der Waals surface area contributed by atoms with Gasteiger partial charge in [0.15, 0.2) is 12.6 Å². The maximum Gasteiger partial charge on any atom is 0.411 e. The Bertz CT molecular complexity index is 494. The number of alkyl halides is 3. The highest BCUT2D eigenvalue weighted by molar-refractivity contribution is 4.91. The molecule has 0 aromatic carbocycles.